The monoisotopic (exact) mass is 931 g/mol. The van der Waals surface area contributed by atoms with Crippen LogP contribution in [0.1, 0.15) is 25.0 Å². The Hall–Kier alpha value is -6.35. The van der Waals surface area contributed by atoms with Crippen LogP contribution in [0.15, 0.2) is 176 Å². The first-order valence-corrected chi connectivity index (χ1v) is 19.5. The zero-order valence-electron chi connectivity index (χ0n) is 32.6. The van der Waals surface area contributed by atoms with Gasteiger partial charge in [-0.15, -0.1) is 23.8 Å². The van der Waals surface area contributed by atoms with Crippen LogP contribution in [-0.2, 0) is 27.5 Å². The largest absolute Gasteiger partial charge is 0.507 e. The Morgan fingerprint density at radius 2 is 1.26 bits per heavy atom. The third-order valence-electron chi connectivity index (χ3n) is 10.5. The molecule has 9 rings (SSSR count). The average molecular weight is 932 g/mol. The van der Waals surface area contributed by atoms with Crippen LogP contribution in [0.4, 0.5) is 0 Å². The smallest absolute Gasteiger partial charge is 0.148 e. The number of imidazole rings is 1. The quantitative estimate of drug-likeness (QED) is 0.147. The third-order valence-corrected chi connectivity index (χ3v) is 10.5. The number of rotatable bonds is 9. The van der Waals surface area contributed by atoms with Crippen molar-refractivity contribution in [3.8, 4) is 78.6 Å². The van der Waals surface area contributed by atoms with Gasteiger partial charge in [0.1, 0.15) is 11.6 Å². The third kappa shape index (κ3) is 7.69. The Morgan fingerprint density at radius 3 is 2.00 bits per heavy atom. The van der Waals surface area contributed by atoms with E-state index in [0.717, 1.165) is 78.9 Å². The molecule has 9 aromatic rings. The van der Waals surface area contributed by atoms with Gasteiger partial charge in [-0.05, 0) is 83.5 Å². The fourth-order valence-electron chi connectivity index (χ4n) is 7.78. The van der Waals surface area contributed by atoms with Crippen molar-refractivity contribution in [1.29, 1.82) is 0 Å². The average Bonchev–Trinajstić information content (AvgIpc) is 3.64. The van der Waals surface area contributed by atoms with Crippen molar-refractivity contribution in [2.75, 3.05) is 0 Å². The first-order chi connectivity index (χ1) is 27.9. The van der Waals surface area contributed by atoms with Gasteiger partial charge in [0.25, 0.3) is 0 Å². The minimum atomic E-state index is 0. The second-order valence-electron chi connectivity index (χ2n) is 15.1. The Kier molecular flexibility index (Phi) is 11.0. The van der Waals surface area contributed by atoms with Crippen molar-refractivity contribution in [2.45, 2.75) is 27.2 Å². The summed E-state index contributed by atoms with van der Waals surface area (Å²) in [4.78, 5) is 10.3. The van der Waals surface area contributed by atoms with Crippen LogP contribution in [0.5, 0.6) is 5.75 Å². The molecule has 5 heteroatoms. The molecule has 0 atom stereocenters. The molecular formula is C53H42N3OPt-. The van der Waals surface area contributed by atoms with Crippen molar-refractivity contribution in [3.63, 3.8) is 0 Å². The van der Waals surface area contributed by atoms with Gasteiger partial charge in [-0.2, -0.15) is 0 Å². The summed E-state index contributed by atoms with van der Waals surface area (Å²) in [6, 6.07) is 62.5. The van der Waals surface area contributed by atoms with Crippen LogP contribution in [0.2, 0.25) is 0 Å². The van der Waals surface area contributed by atoms with E-state index in [1.54, 1.807) is 6.07 Å². The van der Waals surface area contributed by atoms with Gasteiger partial charge in [0, 0.05) is 38.5 Å². The van der Waals surface area contributed by atoms with E-state index in [1.807, 2.05) is 30.5 Å². The van der Waals surface area contributed by atoms with E-state index in [2.05, 4.69) is 171 Å². The molecule has 286 valence electrons. The number of phenols is 1. The number of aryl methyl sites for hydroxylation is 1. The van der Waals surface area contributed by atoms with E-state index < -0.39 is 0 Å². The number of hydrogen-bond acceptors (Lipinski definition) is 3. The molecule has 2 aromatic heterocycles. The van der Waals surface area contributed by atoms with Crippen molar-refractivity contribution in [3.05, 3.63) is 193 Å². The van der Waals surface area contributed by atoms with Crippen molar-refractivity contribution in [1.82, 2.24) is 14.5 Å². The minimum Gasteiger partial charge on any atom is -0.507 e. The summed E-state index contributed by atoms with van der Waals surface area (Å²) in [6.45, 7) is 6.61. The number of hydrogen-bond donors (Lipinski definition) is 1. The molecule has 0 unspecified atom stereocenters. The Morgan fingerprint density at radius 1 is 0.586 bits per heavy atom. The number of pyridine rings is 1. The molecule has 0 bridgehead atoms. The molecule has 4 nitrogen and oxygen atoms in total. The first-order valence-electron chi connectivity index (χ1n) is 19.5. The molecule has 0 amide bonds. The SMILES string of the molecule is Cc1ccc(-c2ccnc(-c3[c-]c(-c4cccc5c4nc(-c4ccccc4O)n5-c4ccc(CC(C)C)cc4-c4ccccc4)cc(-c4ccccc4)c3)c2)cc1.[Pt]. The summed E-state index contributed by atoms with van der Waals surface area (Å²) in [7, 11) is 0. The molecule has 0 radical (unpaired) electrons. The van der Waals surface area contributed by atoms with Crippen LogP contribution in [0, 0.1) is 18.9 Å². The maximum absolute atomic E-state index is 11.4. The molecule has 1 N–H and O–H groups in total. The van der Waals surface area contributed by atoms with Gasteiger partial charge in [-0.25, -0.2) is 4.98 Å². The van der Waals surface area contributed by atoms with Gasteiger partial charge in [0.05, 0.1) is 22.3 Å². The second-order valence-corrected chi connectivity index (χ2v) is 15.1. The van der Waals surface area contributed by atoms with E-state index in [1.165, 1.54) is 11.1 Å². The molecule has 2 heterocycles. The van der Waals surface area contributed by atoms with Gasteiger partial charge >= 0.3 is 0 Å². The fraction of sp³-hybridized carbons (Fsp3) is 0.0943. The molecule has 0 saturated carbocycles. The summed E-state index contributed by atoms with van der Waals surface area (Å²) in [6.07, 6.45) is 2.85. The summed E-state index contributed by atoms with van der Waals surface area (Å²) in [5.41, 5.74) is 16.1. The van der Waals surface area contributed by atoms with Crippen molar-refractivity contribution in [2.24, 2.45) is 5.92 Å². The number of fused-ring (bicyclic) bond motifs is 1. The van der Waals surface area contributed by atoms with E-state index in [9.17, 15) is 5.11 Å². The van der Waals surface area contributed by atoms with Gasteiger partial charge in [0.2, 0.25) is 0 Å². The van der Waals surface area contributed by atoms with Gasteiger partial charge in [0.15, 0.2) is 0 Å². The van der Waals surface area contributed by atoms with E-state index >= 15 is 0 Å². The van der Waals surface area contributed by atoms with Gasteiger partial charge in [-0.3, -0.25) is 9.55 Å². The molecule has 0 aliphatic heterocycles. The zero-order valence-corrected chi connectivity index (χ0v) is 34.9. The molecule has 0 aliphatic rings. The van der Waals surface area contributed by atoms with Gasteiger partial charge < -0.3 is 5.11 Å². The van der Waals surface area contributed by atoms with Crippen molar-refractivity contribution < 1.29 is 26.2 Å². The van der Waals surface area contributed by atoms with Crippen LogP contribution in [0.25, 0.3) is 83.9 Å². The van der Waals surface area contributed by atoms with Crippen LogP contribution < -0.4 is 0 Å². The van der Waals surface area contributed by atoms with Gasteiger partial charge in [-0.1, -0.05) is 157 Å². The zero-order chi connectivity index (χ0) is 38.9. The molecule has 0 spiro atoms. The molecule has 0 fully saturated rings. The molecule has 7 aromatic carbocycles. The number of aromatic nitrogens is 3. The molecule has 0 aliphatic carbocycles. The molecule has 58 heavy (non-hydrogen) atoms. The number of para-hydroxylation sites is 2. The van der Waals surface area contributed by atoms with Crippen LogP contribution in [-0.4, -0.2) is 19.6 Å². The summed E-state index contributed by atoms with van der Waals surface area (Å²) >= 11 is 0. The Balaban J connectivity index is 0.00000469. The number of benzene rings is 7. The topological polar surface area (TPSA) is 50.9 Å². The summed E-state index contributed by atoms with van der Waals surface area (Å²) in [5, 5.41) is 11.4. The van der Waals surface area contributed by atoms with Crippen molar-refractivity contribution >= 4 is 11.0 Å². The second kappa shape index (κ2) is 16.6. The normalized spacial score (nSPS) is 11.2. The van der Waals surface area contributed by atoms with E-state index in [0.29, 0.717) is 17.3 Å². The molecular weight excluding hydrogens is 890 g/mol. The maximum Gasteiger partial charge on any atom is 0.148 e. The van der Waals surface area contributed by atoms with E-state index in [4.69, 9.17) is 9.97 Å². The number of phenolic OH excluding ortho intramolecular Hbond substituents is 1. The predicted octanol–water partition coefficient (Wildman–Crippen LogP) is 13.4. The molecule has 0 saturated heterocycles. The minimum absolute atomic E-state index is 0. The number of nitrogens with zero attached hydrogens (tertiary/aromatic N) is 3. The predicted molar refractivity (Wildman–Crippen MR) is 235 cm³/mol. The van der Waals surface area contributed by atoms with E-state index in [-0.39, 0.29) is 26.8 Å². The Labute approximate surface area is 354 Å². The first kappa shape index (κ1) is 38.5. The van der Waals surface area contributed by atoms with Crippen LogP contribution in [0.3, 0.4) is 0 Å². The standard InChI is InChI=1S/C53H42N3O.Pt/c1-35(2)29-37-23-26-49(47(30-37)40-15-8-5-9-16-40)56-50-19-12-18-45(52(50)55-53(56)46-17-10-11-20-51(46)57)43-31-42(38-13-6-4-7-14-38)32-44(33-43)48-34-41(27-28-54-48)39-24-21-36(3)22-25-39;/h4-28,30-32,34-35,57H,29H2,1-3H3;/q-1;. The summed E-state index contributed by atoms with van der Waals surface area (Å²) < 4.78 is 2.21. The maximum atomic E-state index is 11.4. The Bertz CT molecular complexity index is 2860. The fourth-order valence-corrected chi connectivity index (χ4v) is 7.78. The summed E-state index contributed by atoms with van der Waals surface area (Å²) in [5.74, 6) is 1.35. The van der Waals surface area contributed by atoms with Crippen LogP contribution >= 0.6 is 0 Å². The number of aromatic hydroxyl groups is 1.